The zero-order valence-electron chi connectivity index (χ0n) is 16.9. The lowest BCUT2D eigenvalue weighted by molar-refractivity contribution is 0.324. The molecule has 3 aromatic heterocycles. The number of aromatic nitrogens is 2. The van der Waals surface area contributed by atoms with E-state index in [1.165, 1.54) is 5.39 Å². The molecular formula is C24H20N2O4. The van der Waals surface area contributed by atoms with Crippen LogP contribution >= 0.6 is 0 Å². The Balaban J connectivity index is 1.70. The molecule has 5 rings (SSSR count). The summed E-state index contributed by atoms with van der Waals surface area (Å²) >= 11 is 0. The zero-order chi connectivity index (χ0) is 20.7. The van der Waals surface area contributed by atoms with E-state index >= 15 is 0 Å². The second-order valence-electron chi connectivity index (χ2n) is 6.81. The average Bonchev–Trinajstić information content (AvgIpc) is 3.42. The quantitative estimate of drug-likeness (QED) is 0.392. The standard InChI is InChI=1S/C24H20N2O4/c1-27-21-12-16(13-22(28-2)24(21)29-3)20-14-17-23(30-20)19(8-10-25-17)26-11-9-15-6-4-5-7-18(15)26/h4-14H,1-3H3. The molecule has 0 fully saturated rings. The third kappa shape index (κ3) is 2.76. The first-order chi connectivity index (χ1) is 14.7. The van der Waals surface area contributed by atoms with Crippen molar-refractivity contribution < 1.29 is 18.6 Å². The van der Waals surface area contributed by atoms with Crippen LogP contribution in [0.4, 0.5) is 0 Å². The number of hydrogen-bond donors (Lipinski definition) is 0. The lowest BCUT2D eigenvalue weighted by Gasteiger charge is -2.13. The smallest absolute Gasteiger partial charge is 0.203 e. The first-order valence-electron chi connectivity index (χ1n) is 9.49. The number of para-hydroxylation sites is 1. The summed E-state index contributed by atoms with van der Waals surface area (Å²) in [4.78, 5) is 4.50. The molecule has 0 spiro atoms. The van der Waals surface area contributed by atoms with Gasteiger partial charge in [0.2, 0.25) is 5.75 Å². The maximum Gasteiger partial charge on any atom is 0.203 e. The van der Waals surface area contributed by atoms with Crippen LogP contribution in [-0.2, 0) is 0 Å². The molecule has 0 N–H and O–H groups in total. The number of benzene rings is 2. The van der Waals surface area contributed by atoms with Gasteiger partial charge in [0.25, 0.3) is 0 Å². The molecule has 2 aromatic carbocycles. The van der Waals surface area contributed by atoms with Crippen LogP contribution in [0.3, 0.4) is 0 Å². The van der Waals surface area contributed by atoms with Gasteiger partial charge in [-0.05, 0) is 35.7 Å². The number of pyridine rings is 1. The highest BCUT2D eigenvalue weighted by Crippen LogP contribution is 2.42. The van der Waals surface area contributed by atoms with E-state index in [1.807, 2.05) is 42.6 Å². The molecular weight excluding hydrogens is 380 g/mol. The van der Waals surface area contributed by atoms with E-state index in [4.69, 9.17) is 18.6 Å². The SMILES string of the molecule is COc1cc(-c2cc3nccc(-n4ccc5ccccc54)c3o2)cc(OC)c1OC. The summed E-state index contributed by atoms with van der Waals surface area (Å²) in [6, 6.07) is 17.9. The van der Waals surface area contributed by atoms with Gasteiger partial charge >= 0.3 is 0 Å². The van der Waals surface area contributed by atoms with E-state index in [-0.39, 0.29) is 0 Å². The Kier molecular flexibility index (Phi) is 4.32. The van der Waals surface area contributed by atoms with Crippen molar-refractivity contribution in [3.8, 4) is 34.3 Å². The molecule has 0 saturated heterocycles. The summed E-state index contributed by atoms with van der Waals surface area (Å²) in [5, 5.41) is 1.17. The van der Waals surface area contributed by atoms with E-state index in [2.05, 4.69) is 27.8 Å². The Morgan fingerprint density at radius 2 is 1.63 bits per heavy atom. The minimum Gasteiger partial charge on any atom is -0.493 e. The highest BCUT2D eigenvalue weighted by Gasteiger charge is 2.18. The number of fused-ring (bicyclic) bond motifs is 2. The number of hydrogen-bond acceptors (Lipinski definition) is 5. The molecule has 6 nitrogen and oxygen atoms in total. The van der Waals surface area contributed by atoms with Crippen molar-refractivity contribution >= 4 is 22.0 Å². The summed E-state index contributed by atoms with van der Waals surface area (Å²) in [6.07, 6.45) is 3.84. The van der Waals surface area contributed by atoms with Gasteiger partial charge in [-0.25, -0.2) is 0 Å². The van der Waals surface area contributed by atoms with Gasteiger partial charge in [-0.15, -0.1) is 0 Å². The molecule has 3 heterocycles. The van der Waals surface area contributed by atoms with E-state index in [9.17, 15) is 0 Å². The third-order valence-electron chi connectivity index (χ3n) is 5.20. The summed E-state index contributed by atoms with van der Waals surface area (Å²) in [7, 11) is 4.77. The van der Waals surface area contributed by atoms with E-state index in [0.717, 1.165) is 22.3 Å². The number of methoxy groups -OCH3 is 3. The maximum absolute atomic E-state index is 6.30. The highest BCUT2D eigenvalue weighted by atomic mass is 16.5. The molecule has 0 amide bonds. The first kappa shape index (κ1) is 18.1. The van der Waals surface area contributed by atoms with Crippen molar-refractivity contribution in [2.45, 2.75) is 0 Å². The van der Waals surface area contributed by atoms with Crippen LogP contribution in [0, 0.1) is 0 Å². The summed E-state index contributed by atoms with van der Waals surface area (Å²) < 4.78 is 24.8. The second-order valence-corrected chi connectivity index (χ2v) is 6.81. The summed E-state index contributed by atoms with van der Waals surface area (Å²) in [6.45, 7) is 0. The zero-order valence-corrected chi connectivity index (χ0v) is 16.9. The van der Waals surface area contributed by atoms with Crippen LogP contribution in [0.5, 0.6) is 17.2 Å². The molecule has 0 aliphatic heterocycles. The van der Waals surface area contributed by atoms with E-state index < -0.39 is 0 Å². The molecule has 30 heavy (non-hydrogen) atoms. The Morgan fingerprint density at radius 3 is 2.37 bits per heavy atom. The van der Waals surface area contributed by atoms with Gasteiger partial charge in [0, 0.05) is 24.0 Å². The summed E-state index contributed by atoms with van der Waals surface area (Å²) in [5.41, 5.74) is 4.33. The van der Waals surface area contributed by atoms with Crippen LogP contribution in [0.15, 0.2) is 71.4 Å². The fraction of sp³-hybridized carbons (Fsp3) is 0.125. The number of rotatable bonds is 5. The van der Waals surface area contributed by atoms with Gasteiger partial charge in [-0.3, -0.25) is 4.98 Å². The fourth-order valence-electron chi connectivity index (χ4n) is 3.77. The highest BCUT2D eigenvalue weighted by molar-refractivity contribution is 5.90. The van der Waals surface area contributed by atoms with Crippen LogP contribution in [0.1, 0.15) is 0 Å². The van der Waals surface area contributed by atoms with Crippen molar-refractivity contribution in [3.63, 3.8) is 0 Å². The van der Waals surface area contributed by atoms with Crippen LogP contribution < -0.4 is 14.2 Å². The predicted molar refractivity (Wildman–Crippen MR) is 116 cm³/mol. The molecule has 0 aliphatic carbocycles. The maximum atomic E-state index is 6.30. The number of ether oxygens (including phenoxy) is 3. The van der Waals surface area contributed by atoms with Gasteiger partial charge in [0.15, 0.2) is 17.1 Å². The first-order valence-corrected chi connectivity index (χ1v) is 9.49. The Labute approximate surface area is 173 Å². The van der Waals surface area contributed by atoms with Crippen molar-refractivity contribution in [2.75, 3.05) is 21.3 Å². The Morgan fingerprint density at radius 1 is 0.867 bits per heavy atom. The molecule has 5 aromatic rings. The van der Waals surface area contributed by atoms with Gasteiger partial charge in [0.05, 0.1) is 32.5 Å². The third-order valence-corrected chi connectivity index (χ3v) is 5.20. The molecule has 0 radical (unpaired) electrons. The monoisotopic (exact) mass is 400 g/mol. The van der Waals surface area contributed by atoms with Crippen LogP contribution in [0.25, 0.3) is 39.0 Å². The Bertz CT molecular complexity index is 1340. The van der Waals surface area contributed by atoms with Crippen molar-refractivity contribution in [3.05, 3.63) is 67.0 Å². The molecule has 0 atom stereocenters. The minimum atomic E-state index is 0.539. The minimum absolute atomic E-state index is 0.539. The Hall–Kier alpha value is -3.93. The van der Waals surface area contributed by atoms with Gasteiger partial charge in [-0.2, -0.15) is 0 Å². The largest absolute Gasteiger partial charge is 0.493 e. The normalized spacial score (nSPS) is 11.2. The molecule has 150 valence electrons. The molecule has 6 heteroatoms. The van der Waals surface area contributed by atoms with Gasteiger partial charge < -0.3 is 23.2 Å². The number of nitrogens with zero attached hydrogens (tertiary/aromatic N) is 2. The van der Waals surface area contributed by atoms with Crippen LogP contribution in [-0.4, -0.2) is 30.9 Å². The van der Waals surface area contributed by atoms with E-state index in [0.29, 0.717) is 28.6 Å². The molecule has 0 unspecified atom stereocenters. The fourth-order valence-corrected chi connectivity index (χ4v) is 3.77. The van der Waals surface area contributed by atoms with Crippen LogP contribution in [0.2, 0.25) is 0 Å². The number of furan rings is 1. The average molecular weight is 400 g/mol. The van der Waals surface area contributed by atoms with Gasteiger partial charge in [-0.1, -0.05) is 18.2 Å². The predicted octanol–water partition coefficient (Wildman–Crippen LogP) is 5.46. The molecule has 0 saturated carbocycles. The molecule has 0 bridgehead atoms. The van der Waals surface area contributed by atoms with Crippen molar-refractivity contribution in [2.24, 2.45) is 0 Å². The van der Waals surface area contributed by atoms with Crippen molar-refractivity contribution in [1.29, 1.82) is 0 Å². The van der Waals surface area contributed by atoms with Gasteiger partial charge in [0.1, 0.15) is 11.3 Å². The second kappa shape index (κ2) is 7.15. The lowest BCUT2D eigenvalue weighted by Crippen LogP contribution is -1.95. The van der Waals surface area contributed by atoms with E-state index in [1.54, 1.807) is 27.5 Å². The lowest BCUT2D eigenvalue weighted by atomic mass is 10.1. The topological polar surface area (TPSA) is 58.7 Å². The summed E-state index contributed by atoms with van der Waals surface area (Å²) in [5.74, 6) is 2.34. The molecule has 0 aliphatic rings. The van der Waals surface area contributed by atoms with Crippen molar-refractivity contribution in [1.82, 2.24) is 9.55 Å².